The molecule has 2 rings (SSSR count). The first-order valence-electron chi connectivity index (χ1n) is 4.86. The van der Waals surface area contributed by atoms with E-state index < -0.39 is 0 Å². The van der Waals surface area contributed by atoms with Crippen LogP contribution in [0.1, 0.15) is 24.3 Å². The molecule has 2 N–H and O–H groups in total. The first kappa shape index (κ1) is 9.74. The van der Waals surface area contributed by atoms with E-state index in [9.17, 15) is 4.79 Å². The molecular weight excluding hydrogens is 200 g/mol. The van der Waals surface area contributed by atoms with Crippen molar-refractivity contribution in [3.8, 4) is 0 Å². The van der Waals surface area contributed by atoms with Crippen LogP contribution in [-0.4, -0.2) is 18.1 Å². The summed E-state index contributed by atoms with van der Waals surface area (Å²) in [5.74, 6) is 0.360. The highest BCUT2D eigenvalue weighted by Gasteiger charge is 2.17. The van der Waals surface area contributed by atoms with Gasteiger partial charge in [-0.2, -0.15) is 0 Å². The molecule has 0 aliphatic carbocycles. The Morgan fingerprint density at radius 1 is 1.36 bits per heavy atom. The summed E-state index contributed by atoms with van der Waals surface area (Å²) in [6.45, 7) is 1.97. The third kappa shape index (κ3) is 1.99. The third-order valence-corrected chi connectivity index (χ3v) is 2.89. The van der Waals surface area contributed by atoms with Crippen LogP contribution in [0.2, 0.25) is 5.02 Å². The van der Waals surface area contributed by atoms with Crippen molar-refractivity contribution in [1.82, 2.24) is 10.3 Å². The van der Waals surface area contributed by atoms with E-state index in [2.05, 4.69) is 10.3 Å². The van der Waals surface area contributed by atoms with Gasteiger partial charge in [-0.1, -0.05) is 11.6 Å². The van der Waals surface area contributed by atoms with Crippen molar-refractivity contribution < 1.29 is 0 Å². The SMILES string of the molecule is O=c1[nH]cc(Cl)cc1C1CCNCC1. The van der Waals surface area contributed by atoms with Gasteiger partial charge in [-0.25, -0.2) is 0 Å². The molecule has 4 heteroatoms. The Hall–Kier alpha value is -0.800. The lowest BCUT2D eigenvalue weighted by Gasteiger charge is -2.22. The zero-order chi connectivity index (χ0) is 9.97. The summed E-state index contributed by atoms with van der Waals surface area (Å²) in [5, 5.41) is 3.88. The molecule has 0 saturated carbocycles. The predicted octanol–water partition coefficient (Wildman–Crippen LogP) is 1.50. The molecule has 0 unspecified atom stereocenters. The fraction of sp³-hybridized carbons (Fsp3) is 0.500. The summed E-state index contributed by atoms with van der Waals surface area (Å²) in [7, 11) is 0. The number of halogens is 1. The van der Waals surface area contributed by atoms with Gasteiger partial charge in [-0.15, -0.1) is 0 Å². The van der Waals surface area contributed by atoms with Gasteiger partial charge in [-0.3, -0.25) is 4.79 Å². The molecule has 1 aromatic rings. The van der Waals surface area contributed by atoms with Gasteiger partial charge in [0.25, 0.3) is 5.56 Å². The first-order chi connectivity index (χ1) is 6.77. The summed E-state index contributed by atoms with van der Waals surface area (Å²) in [4.78, 5) is 14.2. The number of aromatic amines is 1. The van der Waals surface area contributed by atoms with E-state index in [1.165, 1.54) is 6.20 Å². The molecule has 0 aromatic carbocycles. The molecule has 0 spiro atoms. The lowest BCUT2D eigenvalue weighted by atomic mass is 9.91. The second-order valence-corrected chi connectivity index (χ2v) is 4.06. The molecule has 0 bridgehead atoms. The Morgan fingerprint density at radius 3 is 2.79 bits per heavy atom. The number of H-pyrrole nitrogens is 1. The molecule has 1 fully saturated rings. The predicted molar refractivity (Wildman–Crippen MR) is 56.9 cm³/mol. The number of nitrogens with one attached hydrogen (secondary N) is 2. The molecule has 3 nitrogen and oxygen atoms in total. The monoisotopic (exact) mass is 212 g/mol. The van der Waals surface area contributed by atoms with Gasteiger partial charge in [0.05, 0.1) is 5.02 Å². The van der Waals surface area contributed by atoms with Gasteiger partial charge in [0.15, 0.2) is 0 Å². The quantitative estimate of drug-likeness (QED) is 0.741. The zero-order valence-corrected chi connectivity index (χ0v) is 8.60. The van der Waals surface area contributed by atoms with Crippen molar-refractivity contribution in [3.05, 3.63) is 33.2 Å². The van der Waals surface area contributed by atoms with Gasteiger partial charge >= 0.3 is 0 Å². The highest BCUT2D eigenvalue weighted by atomic mass is 35.5. The first-order valence-corrected chi connectivity index (χ1v) is 5.24. The summed E-state index contributed by atoms with van der Waals surface area (Å²) in [6, 6.07) is 1.79. The topological polar surface area (TPSA) is 44.9 Å². The highest BCUT2D eigenvalue weighted by Crippen LogP contribution is 2.23. The fourth-order valence-corrected chi connectivity index (χ4v) is 2.08. The molecule has 2 heterocycles. The number of aromatic nitrogens is 1. The smallest absolute Gasteiger partial charge is 0.251 e. The molecule has 0 radical (unpaired) electrons. The summed E-state index contributed by atoms with van der Waals surface area (Å²) >= 11 is 5.85. The van der Waals surface area contributed by atoms with Crippen molar-refractivity contribution in [3.63, 3.8) is 0 Å². The van der Waals surface area contributed by atoms with Crippen LogP contribution in [-0.2, 0) is 0 Å². The molecule has 14 heavy (non-hydrogen) atoms. The lowest BCUT2D eigenvalue weighted by molar-refractivity contribution is 0.458. The summed E-state index contributed by atoms with van der Waals surface area (Å²) in [6.07, 6.45) is 3.57. The Bertz CT molecular complexity index is 369. The Morgan fingerprint density at radius 2 is 2.07 bits per heavy atom. The van der Waals surface area contributed by atoms with Gasteiger partial charge in [0.1, 0.15) is 0 Å². The second kappa shape index (κ2) is 4.15. The van der Waals surface area contributed by atoms with E-state index in [4.69, 9.17) is 11.6 Å². The maximum atomic E-state index is 11.5. The molecule has 1 aromatic heterocycles. The number of hydrogen-bond acceptors (Lipinski definition) is 2. The number of piperidine rings is 1. The van der Waals surface area contributed by atoms with E-state index in [-0.39, 0.29) is 5.56 Å². The van der Waals surface area contributed by atoms with Crippen LogP contribution in [0.3, 0.4) is 0 Å². The van der Waals surface area contributed by atoms with Crippen molar-refractivity contribution in [2.24, 2.45) is 0 Å². The summed E-state index contributed by atoms with van der Waals surface area (Å²) in [5.41, 5.74) is 0.834. The molecule has 1 saturated heterocycles. The van der Waals surface area contributed by atoms with E-state index in [0.29, 0.717) is 10.9 Å². The molecule has 0 amide bonds. The minimum absolute atomic E-state index is 0.00120. The van der Waals surface area contributed by atoms with Crippen molar-refractivity contribution >= 4 is 11.6 Å². The zero-order valence-electron chi connectivity index (χ0n) is 7.85. The van der Waals surface area contributed by atoms with Crippen molar-refractivity contribution in [2.45, 2.75) is 18.8 Å². The number of pyridine rings is 1. The lowest BCUT2D eigenvalue weighted by Crippen LogP contribution is -2.29. The van der Waals surface area contributed by atoms with Gasteiger partial charge in [0.2, 0.25) is 0 Å². The average molecular weight is 213 g/mol. The van der Waals surface area contributed by atoms with Crippen LogP contribution in [0.25, 0.3) is 0 Å². The normalized spacial score (nSPS) is 18.4. The van der Waals surface area contributed by atoms with Gasteiger partial charge in [-0.05, 0) is 37.9 Å². The maximum absolute atomic E-state index is 11.5. The Kier molecular flexibility index (Phi) is 2.89. The van der Waals surface area contributed by atoms with Crippen molar-refractivity contribution in [2.75, 3.05) is 13.1 Å². The maximum Gasteiger partial charge on any atom is 0.251 e. The van der Waals surface area contributed by atoms with E-state index in [1.54, 1.807) is 6.07 Å². The van der Waals surface area contributed by atoms with Gasteiger partial charge < -0.3 is 10.3 Å². The molecular formula is C10H13ClN2O. The van der Waals surface area contributed by atoms with E-state index >= 15 is 0 Å². The molecule has 76 valence electrons. The highest BCUT2D eigenvalue weighted by molar-refractivity contribution is 6.30. The standard InChI is InChI=1S/C10H13ClN2O/c11-8-5-9(10(14)13-6-8)7-1-3-12-4-2-7/h5-7,12H,1-4H2,(H,13,14). The molecule has 1 aliphatic rings. The number of hydrogen-bond donors (Lipinski definition) is 2. The van der Waals surface area contributed by atoms with Crippen LogP contribution in [0, 0.1) is 0 Å². The Labute approximate surface area is 87.5 Å². The van der Waals surface area contributed by atoms with Crippen LogP contribution in [0.15, 0.2) is 17.1 Å². The second-order valence-electron chi connectivity index (χ2n) is 3.63. The van der Waals surface area contributed by atoms with E-state index in [1.807, 2.05) is 0 Å². The minimum atomic E-state index is 0.00120. The molecule has 0 atom stereocenters. The van der Waals surface area contributed by atoms with Crippen molar-refractivity contribution in [1.29, 1.82) is 0 Å². The van der Waals surface area contributed by atoms with Crippen LogP contribution in [0.5, 0.6) is 0 Å². The largest absolute Gasteiger partial charge is 0.327 e. The fourth-order valence-electron chi connectivity index (χ4n) is 1.91. The van der Waals surface area contributed by atoms with Crippen LogP contribution >= 0.6 is 11.6 Å². The molecule has 1 aliphatic heterocycles. The van der Waals surface area contributed by atoms with Crippen LogP contribution in [0.4, 0.5) is 0 Å². The van der Waals surface area contributed by atoms with Gasteiger partial charge in [0, 0.05) is 11.8 Å². The average Bonchev–Trinajstić information content (AvgIpc) is 2.23. The number of rotatable bonds is 1. The van der Waals surface area contributed by atoms with E-state index in [0.717, 1.165) is 31.5 Å². The third-order valence-electron chi connectivity index (χ3n) is 2.68. The Balaban J connectivity index is 2.29. The summed E-state index contributed by atoms with van der Waals surface area (Å²) < 4.78 is 0. The minimum Gasteiger partial charge on any atom is -0.327 e. The van der Waals surface area contributed by atoms with Crippen LogP contribution < -0.4 is 10.9 Å².